The van der Waals surface area contributed by atoms with Gasteiger partial charge in [-0.2, -0.15) is 4.98 Å². The van der Waals surface area contributed by atoms with Gasteiger partial charge in [0.25, 0.3) is 0 Å². The molecule has 108 valence electrons. The van der Waals surface area contributed by atoms with Gasteiger partial charge in [0.05, 0.1) is 12.3 Å². The Bertz CT molecular complexity index is 379. The largest absolute Gasteiger partial charge is 0.450 e. The molecule has 2 heterocycles. The van der Waals surface area contributed by atoms with Crippen LogP contribution in [-0.2, 0) is 6.54 Å². The average Bonchev–Trinajstić information content (AvgIpc) is 2.97. The number of nitrogens with one attached hydrogen (secondary N) is 1. The van der Waals surface area contributed by atoms with E-state index in [-0.39, 0.29) is 0 Å². The average molecular weight is 267 g/mol. The van der Waals surface area contributed by atoms with Gasteiger partial charge in [-0.15, -0.1) is 0 Å². The molecule has 0 saturated carbocycles. The molecule has 0 aliphatic carbocycles. The van der Waals surface area contributed by atoms with Crippen molar-refractivity contribution >= 4 is 0 Å². The van der Waals surface area contributed by atoms with Gasteiger partial charge in [-0.25, -0.2) is 0 Å². The van der Waals surface area contributed by atoms with Crippen molar-refractivity contribution in [3.05, 3.63) is 12.0 Å². The third kappa shape index (κ3) is 4.51. The second kappa shape index (κ2) is 6.91. The van der Waals surface area contributed by atoms with E-state index in [1.54, 1.807) is 6.26 Å². The Morgan fingerprint density at radius 1 is 1.58 bits per heavy atom. The van der Waals surface area contributed by atoms with E-state index in [0.717, 1.165) is 18.7 Å². The van der Waals surface area contributed by atoms with E-state index in [0.29, 0.717) is 24.8 Å². The summed E-state index contributed by atoms with van der Waals surface area (Å²) in [5.41, 5.74) is 0.890. The van der Waals surface area contributed by atoms with E-state index >= 15 is 0 Å². The summed E-state index contributed by atoms with van der Waals surface area (Å²) in [6.07, 6.45) is 5.66. The minimum atomic E-state index is 0.390. The Morgan fingerprint density at radius 3 is 3.11 bits per heavy atom. The summed E-state index contributed by atoms with van der Waals surface area (Å²) >= 11 is 0. The second-order valence-corrected chi connectivity index (χ2v) is 5.55. The van der Waals surface area contributed by atoms with E-state index in [1.165, 1.54) is 19.4 Å². The molecule has 1 aromatic heterocycles. The maximum Gasteiger partial charge on any atom is 0.393 e. The summed E-state index contributed by atoms with van der Waals surface area (Å²) < 4.78 is 10.9. The molecule has 5 nitrogen and oxygen atoms in total. The molecule has 2 rings (SSSR count). The van der Waals surface area contributed by atoms with Crippen molar-refractivity contribution in [1.82, 2.24) is 15.2 Å². The lowest BCUT2D eigenvalue weighted by Gasteiger charge is -2.18. The number of hydrogen-bond donors (Lipinski definition) is 1. The van der Waals surface area contributed by atoms with E-state index < -0.39 is 0 Å². The summed E-state index contributed by atoms with van der Waals surface area (Å²) in [6.45, 7) is 6.81. The summed E-state index contributed by atoms with van der Waals surface area (Å²) in [5, 5.41) is 3.30. The van der Waals surface area contributed by atoms with Gasteiger partial charge in [0.2, 0.25) is 0 Å². The lowest BCUT2D eigenvalue weighted by atomic mass is 10.2. The Balaban J connectivity index is 1.68. The maximum absolute atomic E-state index is 5.57. The number of rotatable bonds is 7. The van der Waals surface area contributed by atoms with Crippen molar-refractivity contribution < 1.29 is 9.15 Å². The molecular formula is C14H25N3O2. The molecule has 1 aliphatic rings. The highest BCUT2D eigenvalue weighted by atomic mass is 16.6. The molecule has 0 amide bonds. The molecule has 1 saturated heterocycles. The van der Waals surface area contributed by atoms with Gasteiger partial charge < -0.3 is 19.4 Å². The molecule has 1 aliphatic heterocycles. The van der Waals surface area contributed by atoms with Crippen LogP contribution in [-0.4, -0.2) is 42.2 Å². The zero-order valence-electron chi connectivity index (χ0n) is 12.2. The van der Waals surface area contributed by atoms with Crippen molar-refractivity contribution in [2.45, 2.75) is 51.7 Å². The van der Waals surface area contributed by atoms with Gasteiger partial charge in [-0.3, -0.25) is 0 Å². The molecule has 1 atom stereocenters. The molecule has 1 unspecified atom stereocenters. The fourth-order valence-corrected chi connectivity index (χ4v) is 2.37. The van der Waals surface area contributed by atoms with Gasteiger partial charge >= 0.3 is 6.08 Å². The first kappa shape index (κ1) is 14.3. The van der Waals surface area contributed by atoms with Crippen molar-refractivity contribution in [1.29, 1.82) is 0 Å². The molecule has 0 bridgehead atoms. The van der Waals surface area contributed by atoms with E-state index in [4.69, 9.17) is 9.15 Å². The first-order chi connectivity index (χ1) is 9.15. The monoisotopic (exact) mass is 267 g/mol. The van der Waals surface area contributed by atoms with Crippen LogP contribution in [0.2, 0.25) is 0 Å². The number of oxazole rings is 1. The Hall–Kier alpha value is -1.07. The zero-order chi connectivity index (χ0) is 13.7. The smallest absolute Gasteiger partial charge is 0.393 e. The molecule has 0 radical (unpaired) electrons. The molecule has 0 aromatic carbocycles. The fourth-order valence-electron chi connectivity index (χ4n) is 2.37. The van der Waals surface area contributed by atoms with Crippen molar-refractivity contribution in [3.63, 3.8) is 0 Å². The standard InChI is InChI=1S/C14H25N3O2/c1-11(2)15-9-12-10-19-14(16-12)18-8-6-13-5-4-7-17(13)3/h10-11,13,15H,4-9H2,1-3H3. The molecule has 1 N–H and O–H groups in total. The van der Waals surface area contributed by atoms with Gasteiger partial charge in [-0.05, 0) is 32.9 Å². The predicted octanol–water partition coefficient (Wildman–Crippen LogP) is 2.04. The van der Waals surface area contributed by atoms with Crippen LogP contribution >= 0.6 is 0 Å². The summed E-state index contributed by atoms with van der Waals surface area (Å²) in [4.78, 5) is 6.70. The topological polar surface area (TPSA) is 50.5 Å². The molecule has 5 heteroatoms. The fraction of sp³-hybridized carbons (Fsp3) is 0.786. The normalized spacial score (nSPS) is 20.3. The number of aromatic nitrogens is 1. The van der Waals surface area contributed by atoms with Crippen LogP contribution in [0.25, 0.3) is 0 Å². The number of hydrogen-bond acceptors (Lipinski definition) is 5. The van der Waals surface area contributed by atoms with Crippen LogP contribution in [0.3, 0.4) is 0 Å². The summed E-state index contributed by atoms with van der Waals surface area (Å²) in [7, 11) is 2.18. The highest BCUT2D eigenvalue weighted by Crippen LogP contribution is 2.18. The highest BCUT2D eigenvalue weighted by molar-refractivity contribution is 4.99. The molecule has 19 heavy (non-hydrogen) atoms. The molecule has 0 spiro atoms. The van der Waals surface area contributed by atoms with Crippen LogP contribution < -0.4 is 10.1 Å². The minimum absolute atomic E-state index is 0.390. The van der Waals surface area contributed by atoms with E-state index in [1.807, 2.05) is 0 Å². The maximum atomic E-state index is 5.57. The SMILES string of the molecule is CC(C)NCc1coc(OCCC2CCCN2C)n1. The predicted molar refractivity (Wildman–Crippen MR) is 74.2 cm³/mol. The van der Waals surface area contributed by atoms with Gasteiger partial charge in [-0.1, -0.05) is 13.8 Å². The number of likely N-dealkylation sites (tertiary alicyclic amines) is 1. The zero-order valence-corrected chi connectivity index (χ0v) is 12.2. The second-order valence-electron chi connectivity index (χ2n) is 5.55. The molecule has 1 aromatic rings. The summed E-state index contributed by atoms with van der Waals surface area (Å²) in [5.74, 6) is 0. The third-order valence-corrected chi connectivity index (χ3v) is 3.57. The van der Waals surface area contributed by atoms with Crippen molar-refractivity contribution in [2.75, 3.05) is 20.2 Å². The number of ether oxygens (including phenoxy) is 1. The lowest BCUT2D eigenvalue weighted by Crippen LogP contribution is -2.26. The Labute approximate surface area is 115 Å². The Morgan fingerprint density at radius 2 is 2.42 bits per heavy atom. The van der Waals surface area contributed by atoms with Crippen LogP contribution in [0.15, 0.2) is 10.7 Å². The summed E-state index contributed by atoms with van der Waals surface area (Å²) in [6, 6.07) is 1.09. The van der Waals surface area contributed by atoms with E-state index in [9.17, 15) is 0 Å². The molecule has 1 fully saturated rings. The van der Waals surface area contributed by atoms with Gasteiger partial charge in [0, 0.05) is 18.6 Å². The third-order valence-electron chi connectivity index (χ3n) is 3.57. The van der Waals surface area contributed by atoms with Gasteiger partial charge in [0.1, 0.15) is 6.26 Å². The van der Waals surface area contributed by atoms with Crippen LogP contribution in [0.1, 0.15) is 38.8 Å². The van der Waals surface area contributed by atoms with Crippen LogP contribution in [0, 0.1) is 0 Å². The van der Waals surface area contributed by atoms with E-state index in [2.05, 4.69) is 36.1 Å². The minimum Gasteiger partial charge on any atom is -0.450 e. The molecular weight excluding hydrogens is 242 g/mol. The Kier molecular flexibility index (Phi) is 5.22. The van der Waals surface area contributed by atoms with Crippen LogP contribution in [0.5, 0.6) is 6.08 Å². The quantitative estimate of drug-likeness (QED) is 0.819. The van der Waals surface area contributed by atoms with Crippen molar-refractivity contribution in [2.24, 2.45) is 0 Å². The first-order valence-electron chi connectivity index (χ1n) is 7.16. The van der Waals surface area contributed by atoms with Crippen molar-refractivity contribution in [3.8, 4) is 6.08 Å². The highest BCUT2D eigenvalue weighted by Gasteiger charge is 2.20. The lowest BCUT2D eigenvalue weighted by molar-refractivity contribution is 0.192. The first-order valence-corrected chi connectivity index (χ1v) is 7.16. The number of nitrogens with zero attached hydrogens (tertiary/aromatic N) is 2. The van der Waals surface area contributed by atoms with Gasteiger partial charge in [0.15, 0.2) is 0 Å². The van der Waals surface area contributed by atoms with Crippen LogP contribution in [0.4, 0.5) is 0 Å².